The molecule has 5 heteroatoms. The van der Waals surface area contributed by atoms with Gasteiger partial charge in [0, 0.05) is 7.05 Å². The molecule has 3 aliphatic rings. The van der Waals surface area contributed by atoms with E-state index in [2.05, 4.69) is 12.1 Å². The van der Waals surface area contributed by atoms with Crippen LogP contribution in [-0.4, -0.2) is 41.1 Å². The van der Waals surface area contributed by atoms with Crippen LogP contribution in [0.2, 0.25) is 0 Å². The van der Waals surface area contributed by atoms with E-state index < -0.39 is 0 Å². The lowest BCUT2D eigenvalue weighted by Crippen LogP contribution is -2.42. The SMILES string of the molecule is CN(C(=O)CN1C(=O)C2CCCCC2C1=O)C1CCc2ccccc21. The van der Waals surface area contributed by atoms with Crippen LogP contribution in [0.1, 0.15) is 49.3 Å². The van der Waals surface area contributed by atoms with Crippen molar-refractivity contribution in [3.63, 3.8) is 0 Å². The Kier molecular flexibility index (Phi) is 4.10. The molecule has 5 nitrogen and oxygen atoms in total. The summed E-state index contributed by atoms with van der Waals surface area (Å²) in [5.74, 6) is -0.799. The van der Waals surface area contributed by atoms with Crippen molar-refractivity contribution in [2.24, 2.45) is 11.8 Å². The van der Waals surface area contributed by atoms with Gasteiger partial charge in [-0.05, 0) is 36.8 Å². The van der Waals surface area contributed by atoms with E-state index in [0.717, 1.165) is 38.5 Å². The molecule has 0 aromatic heterocycles. The number of likely N-dealkylation sites (tertiary alicyclic amines) is 1. The predicted octanol–water partition coefficient (Wildman–Crippen LogP) is 2.31. The molecule has 1 aliphatic heterocycles. The van der Waals surface area contributed by atoms with Crippen molar-refractivity contribution in [2.75, 3.05) is 13.6 Å². The summed E-state index contributed by atoms with van der Waals surface area (Å²) in [4.78, 5) is 40.8. The second kappa shape index (κ2) is 6.28. The molecule has 1 saturated carbocycles. The first kappa shape index (κ1) is 16.3. The van der Waals surface area contributed by atoms with Crippen LogP contribution >= 0.6 is 0 Å². The van der Waals surface area contributed by atoms with E-state index in [-0.39, 0.29) is 42.1 Å². The van der Waals surface area contributed by atoms with Crippen LogP contribution in [0, 0.1) is 11.8 Å². The maximum Gasteiger partial charge on any atom is 0.242 e. The minimum Gasteiger partial charge on any atom is -0.337 e. The zero-order valence-corrected chi connectivity index (χ0v) is 14.6. The standard InChI is InChI=1S/C20H24N2O3/c1-21(17-11-10-13-6-2-3-7-14(13)17)18(23)12-22-19(24)15-8-4-5-9-16(15)20(22)25/h2-3,6-7,15-17H,4-5,8-12H2,1H3. The second-order valence-corrected chi connectivity index (χ2v) is 7.52. The Morgan fingerprint density at radius 1 is 1.08 bits per heavy atom. The molecular formula is C20H24N2O3. The lowest BCUT2D eigenvalue weighted by Gasteiger charge is -2.27. The first-order chi connectivity index (χ1) is 12.1. The summed E-state index contributed by atoms with van der Waals surface area (Å²) in [6, 6.07) is 8.22. The fourth-order valence-corrected chi connectivity index (χ4v) is 4.74. The number of fused-ring (bicyclic) bond motifs is 2. The number of rotatable bonds is 3. The fraction of sp³-hybridized carbons (Fsp3) is 0.550. The molecule has 25 heavy (non-hydrogen) atoms. The summed E-state index contributed by atoms with van der Waals surface area (Å²) >= 11 is 0. The van der Waals surface area contributed by atoms with Gasteiger partial charge in [0.1, 0.15) is 6.54 Å². The Morgan fingerprint density at radius 3 is 2.40 bits per heavy atom. The number of benzene rings is 1. The number of carbonyl (C=O) groups is 3. The summed E-state index contributed by atoms with van der Waals surface area (Å²) in [6.07, 6.45) is 5.43. The monoisotopic (exact) mass is 340 g/mol. The Labute approximate surface area is 148 Å². The fourth-order valence-electron chi connectivity index (χ4n) is 4.74. The van der Waals surface area contributed by atoms with Crippen molar-refractivity contribution in [2.45, 2.75) is 44.6 Å². The van der Waals surface area contributed by atoms with Crippen LogP contribution in [0.15, 0.2) is 24.3 Å². The van der Waals surface area contributed by atoms with Gasteiger partial charge in [-0.25, -0.2) is 0 Å². The van der Waals surface area contributed by atoms with Gasteiger partial charge >= 0.3 is 0 Å². The van der Waals surface area contributed by atoms with Crippen LogP contribution in [-0.2, 0) is 20.8 Å². The maximum absolute atomic E-state index is 12.8. The minimum absolute atomic E-state index is 0.0405. The predicted molar refractivity (Wildman–Crippen MR) is 92.4 cm³/mol. The highest BCUT2D eigenvalue weighted by molar-refractivity contribution is 6.07. The van der Waals surface area contributed by atoms with E-state index in [9.17, 15) is 14.4 Å². The van der Waals surface area contributed by atoms with E-state index in [4.69, 9.17) is 0 Å². The molecule has 3 amide bonds. The Balaban J connectivity index is 1.47. The average Bonchev–Trinajstić information content (AvgIpc) is 3.17. The first-order valence-corrected chi connectivity index (χ1v) is 9.26. The van der Waals surface area contributed by atoms with Crippen LogP contribution in [0.4, 0.5) is 0 Å². The third kappa shape index (κ3) is 2.66. The van der Waals surface area contributed by atoms with Gasteiger partial charge in [-0.2, -0.15) is 0 Å². The summed E-state index contributed by atoms with van der Waals surface area (Å²) in [5.41, 5.74) is 2.47. The Morgan fingerprint density at radius 2 is 1.72 bits per heavy atom. The number of likely N-dealkylation sites (N-methyl/N-ethyl adjacent to an activating group) is 1. The molecule has 1 aromatic rings. The quantitative estimate of drug-likeness (QED) is 0.794. The maximum atomic E-state index is 12.8. The number of carbonyl (C=O) groups excluding carboxylic acids is 3. The number of nitrogens with zero attached hydrogens (tertiary/aromatic N) is 2. The van der Waals surface area contributed by atoms with Crippen LogP contribution in [0.25, 0.3) is 0 Å². The summed E-state index contributed by atoms with van der Waals surface area (Å²) in [7, 11) is 1.78. The third-order valence-electron chi connectivity index (χ3n) is 6.19. The smallest absolute Gasteiger partial charge is 0.242 e. The highest BCUT2D eigenvalue weighted by Gasteiger charge is 2.48. The summed E-state index contributed by atoms with van der Waals surface area (Å²) in [6.45, 7) is -0.111. The van der Waals surface area contributed by atoms with Gasteiger partial charge in [0.05, 0.1) is 17.9 Å². The van der Waals surface area contributed by atoms with Gasteiger partial charge in [0.15, 0.2) is 0 Å². The lowest BCUT2D eigenvalue weighted by atomic mass is 9.81. The molecule has 0 N–H and O–H groups in total. The zero-order valence-electron chi connectivity index (χ0n) is 14.6. The first-order valence-electron chi connectivity index (χ1n) is 9.26. The Hall–Kier alpha value is -2.17. The topological polar surface area (TPSA) is 57.7 Å². The van der Waals surface area contributed by atoms with Crippen molar-refractivity contribution >= 4 is 17.7 Å². The van der Waals surface area contributed by atoms with Crippen molar-refractivity contribution in [1.82, 2.24) is 9.80 Å². The molecule has 3 atom stereocenters. The van der Waals surface area contributed by atoms with Crippen molar-refractivity contribution in [1.29, 1.82) is 0 Å². The summed E-state index contributed by atoms with van der Waals surface area (Å²) in [5, 5.41) is 0. The molecular weight excluding hydrogens is 316 g/mol. The number of hydrogen-bond donors (Lipinski definition) is 0. The molecule has 2 fully saturated rings. The number of hydrogen-bond acceptors (Lipinski definition) is 3. The van der Waals surface area contributed by atoms with Gasteiger partial charge in [-0.3, -0.25) is 19.3 Å². The number of aryl methyl sites for hydroxylation is 1. The lowest BCUT2D eigenvalue weighted by molar-refractivity contribution is -0.146. The van der Waals surface area contributed by atoms with E-state index >= 15 is 0 Å². The number of amides is 3. The second-order valence-electron chi connectivity index (χ2n) is 7.52. The van der Waals surface area contributed by atoms with E-state index in [0.29, 0.717) is 0 Å². The normalized spacial score (nSPS) is 28.0. The molecule has 132 valence electrons. The van der Waals surface area contributed by atoms with Crippen molar-refractivity contribution in [3.05, 3.63) is 35.4 Å². The molecule has 2 aliphatic carbocycles. The van der Waals surface area contributed by atoms with Crippen LogP contribution in [0.5, 0.6) is 0 Å². The molecule has 3 unspecified atom stereocenters. The van der Waals surface area contributed by atoms with Gasteiger partial charge in [0.25, 0.3) is 0 Å². The number of imide groups is 1. The molecule has 1 saturated heterocycles. The van der Waals surface area contributed by atoms with Gasteiger partial charge < -0.3 is 4.90 Å². The van der Waals surface area contributed by atoms with Gasteiger partial charge in [0.2, 0.25) is 17.7 Å². The average molecular weight is 340 g/mol. The van der Waals surface area contributed by atoms with Gasteiger partial charge in [-0.15, -0.1) is 0 Å². The van der Waals surface area contributed by atoms with E-state index in [1.807, 2.05) is 12.1 Å². The van der Waals surface area contributed by atoms with Gasteiger partial charge in [-0.1, -0.05) is 37.1 Å². The van der Waals surface area contributed by atoms with E-state index in [1.54, 1.807) is 11.9 Å². The highest BCUT2D eigenvalue weighted by Crippen LogP contribution is 2.38. The molecule has 4 rings (SSSR count). The third-order valence-corrected chi connectivity index (χ3v) is 6.19. The van der Waals surface area contributed by atoms with Crippen molar-refractivity contribution in [3.8, 4) is 0 Å². The largest absolute Gasteiger partial charge is 0.337 e. The Bertz CT molecular complexity index is 705. The molecule has 0 bridgehead atoms. The molecule has 1 aromatic carbocycles. The minimum atomic E-state index is -0.188. The molecule has 1 heterocycles. The zero-order chi connectivity index (χ0) is 17.6. The van der Waals surface area contributed by atoms with Crippen LogP contribution in [0.3, 0.4) is 0 Å². The highest BCUT2D eigenvalue weighted by atomic mass is 16.2. The molecule has 0 radical (unpaired) electrons. The van der Waals surface area contributed by atoms with Crippen LogP contribution < -0.4 is 0 Å². The van der Waals surface area contributed by atoms with Crippen molar-refractivity contribution < 1.29 is 14.4 Å². The molecule has 0 spiro atoms. The van der Waals surface area contributed by atoms with E-state index in [1.165, 1.54) is 16.0 Å². The summed E-state index contributed by atoms with van der Waals surface area (Å²) < 4.78 is 0.